The average Bonchev–Trinajstić information content (AvgIpc) is 3.36. The number of halogens is 2. The van der Waals surface area contributed by atoms with Gasteiger partial charge >= 0.3 is 5.69 Å². The number of aromatic nitrogens is 2. The van der Waals surface area contributed by atoms with E-state index in [1.165, 1.54) is 41.0 Å². The first-order valence-corrected chi connectivity index (χ1v) is 11.7. The number of fused-ring (bicyclic) bond motifs is 2. The van der Waals surface area contributed by atoms with Gasteiger partial charge in [-0.1, -0.05) is 29.8 Å². The van der Waals surface area contributed by atoms with Crippen LogP contribution in [-0.4, -0.2) is 21.8 Å². The van der Waals surface area contributed by atoms with E-state index in [2.05, 4.69) is 11.9 Å². The Bertz CT molecular complexity index is 1680. The Kier molecular flexibility index (Phi) is 6.54. The summed E-state index contributed by atoms with van der Waals surface area (Å²) in [5.74, 6) is 0.348. The SMILES string of the molecule is C=CCn1c(=O)c2ccc(C(=O)NCc3ccc4c(c3)OCO4)cc2n(Cc2ccc(F)cc2Cl)c1=O. The number of benzene rings is 3. The summed E-state index contributed by atoms with van der Waals surface area (Å²) in [6.07, 6.45) is 1.45. The van der Waals surface area contributed by atoms with E-state index in [9.17, 15) is 18.8 Å². The van der Waals surface area contributed by atoms with Gasteiger partial charge in [0.1, 0.15) is 5.82 Å². The van der Waals surface area contributed by atoms with E-state index in [1.807, 2.05) is 6.07 Å². The lowest BCUT2D eigenvalue weighted by atomic mass is 10.1. The quantitative estimate of drug-likeness (QED) is 0.373. The zero-order valence-corrected chi connectivity index (χ0v) is 20.3. The first kappa shape index (κ1) is 24.3. The molecule has 0 unspecified atom stereocenters. The van der Waals surface area contributed by atoms with Crippen LogP contribution in [0, 0.1) is 5.82 Å². The Morgan fingerprint density at radius 2 is 1.86 bits per heavy atom. The van der Waals surface area contributed by atoms with E-state index in [-0.39, 0.29) is 47.9 Å². The molecule has 5 rings (SSSR count). The molecule has 1 aromatic heterocycles. The number of hydrogen-bond acceptors (Lipinski definition) is 5. The molecule has 1 aliphatic heterocycles. The van der Waals surface area contributed by atoms with Crippen molar-refractivity contribution in [1.82, 2.24) is 14.5 Å². The van der Waals surface area contributed by atoms with Gasteiger partial charge in [0, 0.05) is 23.7 Å². The van der Waals surface area contributed by atoms with Crippen LogP contribution in [0.25, 0.3) is 10.9 Å². The Balaban J connectivity index is 1.52. The van der Waals surface area contributed by atoms with Gasteiger partial charge in [-0.3, -0.25) is 18.7 Å². The van der Waals surface area contributed by atoms with Gasteiger partial charge in [-0.05, 0) is 53.6 Å². The van der Waals surface area contributed by atoms with E-state index in [0.29, 0.717) is 17.1 Å². The molecule has 10 heteroatoms. The third-order valence-electron chi connectivity index (χ3n) is 6.03. The van der Waals surface area contributed by atoms with Crippen LogP contribution in [0.3, 0.4) is 0 Å². The van der Waals surface area contributed by atoms with Crippen molar-refractivity contribution in [1.29, 1.82) is 0 Å². The largest absolute Gasteiger partial charge is 0.454 e. The Morgan fingerprint density at radius 1 is 1.05 bits per heavy atom. The van der Waals surface area contributed by atoms with Crippen molar-refractivity contribution in [2.24, 2.45) is 0 Å². The van der Waals surface area contributed by atoms with Gasteiger partial charge < -0.3 is 14.8 Å². The fraction of sp³-hybridized carbons (Fsp3) is 0.148. The van der Waals surface area contributed by atoms with Crippen LogP contribution in [0.5, 0.6) is 11.5 Å². The molecule has 0 bridgehead atoms. The zero-order valence-electron chi connectivity index (χ0n) is 19.5. The second-order valence-corrected chi connectivity index (χ2v) is 8.82. The molecule has 188 valence electrons. The minimum absolute atomic E-state index is 0.00251. The number of hydrogen-bond donors (Lipinski definition) is 1. The van der Waals surface area contributed by atoms with E-state index in [4.69, 9.17) is 21.1 Å². The summed E-state index contributed by atoms with van der Waals surface area (Å²) >= 11 is 6.21. The van der Waals surface area contributed by atoms with Gasteiger partial charge in [-0.15, -0.1) is 6.58 Å². The van der Waals surface area contributed by atoms with Gasteiger partial charge in [-0.2, -0.15) is 0 Å². The van der Waals surface area contributed by atoms with Crippen LogP contribution < -0.4 is 26.0 Å². The van der Waals surface area contributed by atoms with Crippen LogP contribution in [0.15, 0.2) is 76.8 Å². The van der Waals surface area contributed by atoms with Crippen LogP contribution in [0.2, 0.25) is 5.02 Å². The molecule has 0 fully saturated rings. The number of rotatable bonds is 7. The van der Waals surface area contributed by atoms with Crippen molar-refractivity contribution in [2.45, 2.75) is 19.6 Å². The number of allylic oxidation sites excluding steroid dienone is 1. The Morgan fingerprint density at radius 3 is 2.65 bits per heavy atom. The number of nitrogens with one attached hydrogen (secondary N) is 1. The summed E-state index contributed by atoms with van der Waals surface area (Å²) in [5.41, 5.74) is 0.699. The number of carbonyl (C=O) groups excluding carboxylic acids is 1. The summed E-state index contributed by atoms with van der Waals surface area (Å²) < 4.78 is 26.6. The highest BCUT2D eigenvalue weighted by Crippen LogP contribution is 2.32. The molecule has 2 heterocycles. The monoisotopic (exact) mass is 521 g/mol. The van der Waals surface area contributed by atoms with Crippen LogP contribution in [-0.2, 0) is 19.6 Å². The Labute approximate surface area is 215 Å². The molecule has 1 N–H and O–H groups in total. The number of carbonyl (C=O) groups is 1. The highest BCUT2D eigenvalue weighted by molar-refractivity contribution is 6.31. The lowest BCUT2D eigenvalue weighted by Gasteiger charge is -2.15. The molecule has 1 amide bonds. The van der Waals surface area contributed by atoms with E-state index < -0.39 is 23.0 Å². The van der Waals surface area contributed by atoms with Crippen molar-refractivity contribution in [3.05, 3.63) is 116 Å². The normalized spacial score (nSPS) is 12.1. The molecule has 0 aliphatic carbocycles. The summed E-state index contributed by atoms with van der Waals surface area (Å²) in [7, 11) is 0. The van der Waals surface area contributed by atoms with E-state index in [1.54, 1.807) is 12.1 Å². The molecule has 3 aromatic carbocycles. The predicted octanol–water partition coefficient (Wildman–Crippen LogP) is 3.85. The lowest BCUT2D eigenvalue weighted by Crippen LogP contribution is -2.40. The second kappa shape index (κ2) is 9.94. The van der Waals surface area contributed by atoms with Crippen molar-refractivity contribution < 1.29 is 18.7 Å². The van der Waals surface area contributed by atoms with Crippen molar-refractivity contribution in [3.63, 3.8) is 0 Å². The molecular formula is C27H21ClFN3O5. The summed E-state index contributed by atoms with van der Waals surface area (Å²) in [6.45, 7) is 3.97. The van der Waals surface area contributed by atoms with E-state index >= 15 is 0 Å². The fourth-order valence-electron chi connectivity index (χ4n) is 4.16. The average molecular weight is 522 g/mol. The first-order valence-electron chi connectivity index (χ1n) is 11.3. The molecule has 4 aromatic rings. The molecule has 0 saturated carbocycles. The number of nitrogens with zero attached hydrogens (tertiary/aromatic N) is 2. The topological polar surface area (TPSA) is 91.6 Å². The molecule has 1 aliphatic rings. The lowest BCUT2D eigenvalue weighted by molar-refractivity contribution is 0.0951. The number of amides is 1. The van der Waals surface area contributed by atoms with Gasteiger partial charge in [0.05, 0.1) is 17.4 Å². The molecule has 0 spiro atoms. The van der Waals surface area contributed by atoms with Crippen molar-refractivity contribution >= 4 is 28.4 Å². The summed E-state index contributed by atoms with van der Waals surface area (Å²) in [6, 6.07) is 13.8. The molecule has 0 saturated heterocycles. The standard InChI is InChI=1S/C27H21ClFN3O5/c1-2-9-31-26(34)20-7-5-17(25(33)30-13-16-3-8-23-24(10-16)37-15-36-23)11-22(20)32(27(31)35)14-18-4-6-19(29)12-21(18)28/h2-8,10-12H,1,9,13-15H2,(H,30,33). The smallest absolute Gasteiger partial charge is 0.332 e. The molecule has 0 atom stereocenters. The highest BCUT2D eigenvalue weighted by atomic mass is 35.5. The van der Waals surface area contributed by atoms with E-state index in [0.717, 1.165) is 16.2 Å². The fourth-order valence-corrected chi connectivity index (χ4v) is 4.38. The maximum Gasteiger partial charge on any atom is 0.332 e. The van der Waals surface area contributed by atoms with Gasteiger partial charge in [0.15, 0.2) is 11.5 Å². The van der Waals surface area contributed by atoms with Crippen molar-refractivity contribution in [3.8, 4) is 11.5 Å². The summed E-state index contributed by atoms with van der Waals surface area (Å²) in [4.78, 5) is 39.3. The van der Waals surface area contributed by atoms with Crippen LogP contribution in [0.1, 0.15) is 21.5 Å². The van der Waals surface area contributed by atoms with Crippen molar-refractivity contribution in [2.75, 3.05) is 6.79 Å². The second-order valence-electron chi connectivity index (χ2n) is 8.41. The first-order chi connectivity index (χ1) is 17.9. The van der Waals surface area contributed by atoms with Crippen LogP contribution in [0.4, 0.5) is 4.39 Å². The molecule has 37 heavy (non-hydrogen) atoms. The molecule has 0 radical (unpaired) electrons. The Hall–Kier alpha value is -4.37. The minimum Gasteiger partial charge on any atom is -0.454 e. The predicted molar refractivity (Wildman–Crippen MR) is 137 cm³/mol. The minimum atomic E-state index is -0.601. The highest BCUT2D eigenvalue weighted by Gasteiger charge is 2.17. The van der Waals surface area contributed by atoms with Crippen LogP contribution >= 0.6 is 11.6 Å². The van der Waals surface area contributed by atoms with Gasteiger partial charge in [-0.25, -0.2) is 9.18 Å². The third kappa shape index (κ3) is 4.73. The zero-order chi connectivity index (χ0) is 26.1. The number of ether oxygens (including phenoxy) is 2. The maximum atomic E-state index is 13.6. The molecule has 8 nitrogen and oxygen atoms in total. The summed E-state index contributed by atoms with van der Waals surface area (Å²) in [5, 5.41) is 3.22. The molecular weight excluding hydrogens is 501 g/mol. The van der Waals surface area contributed by atoms with Gasteiger partial charge in [0.2, 0.25) is 6.79 Å². The van der Waals surface area contributed by atoms with Gasteiger partial charge in [0.25, 0.3) is 11.5 Å². The third-order valence-corrected chi connectivity index (χ3v) is 6.39. The maximum absolute atomic E-state index is 13.6.